The number of nitrogens with zero attached hydrogens (tertiary/aromatic N) is 3. The normalized spacial score (nSPS) is 12.3. The number of aromatic nitrogens is 2. The van der Waals surface area contributed by atoms with Gasteiger partial charge in [-0.15, -0.1) is 0 Å². The van der Waals surface area contributed by atoms with Crippen LogP contribution in [0.1, 0.15) is 22.8 Å². The highest BCUT2D eigenvalue weighted by atomic mass is 19.4. The lowest BCUT2D eigenvalue weighted by Gasteiger charge is -2.12. The van der Waals surface area contributed by atoms with Gasteiger partial charge in [0, 0.05) is 20.5 Å². The summed E-state index contributed by atoms with van der Waals surface area (Å²) in [7, 11) is 1.56. The molecule has 1 aromatic carbocycles. The van der Waals surface area contributed by atoms with Crippen LogP contribution in [-0.2, 0) is 19.3 Å². The van der Waals surface area contributed by atoms with Crippen molar-refractivity contribution in [3.8, 4) is 0 Å². The molecule has 0 radical (unpaired) electrons. The predicted octanol–water partition coefficient (Wildman–Crippen LogP) is 2.26. The summed E-state index contributed by atoms with van der Waals surface area (Å²) in [6.45, 7) is 2.17. The van der Waals surface area contributed by atoms with E-state index in [1.165, 1.54) is 6.07 Å². The fourth-order valence-electron chi connectivity index (χ4n) is 1.84. The Kier molecular flexibility index (Phi) is 5.20. The maximum Gasteiger partial charge on any atom is 0.416 e. The van der Waals surface area contributed by atoms with E-state index in [4.69, 9.17) is 4.52 Å². The minimum absolute atomic E-state index is 0.203. The Morgan fingerprint density at radius 3 is 2.61 bits per heavy atom. The van der Waals surface area contributed by atoms with E-state index in [2.05, 4.69) is 25.8 Å². The summed E-state index contributed by atoms with van der Waals surface area (Å²) < 4.78 is 42.8. The predicted molar refractivity (Wildman–Crippen MR) is 77.5 cm³/mol. The fraction of sp³-hybridized carbons (Fsp3) is 0.357. The molecule has 1 heterocycles. The van der Waals surface area contributed by atoms with E-state index in [0.29, 0.717) is 29.8 Å². The van der Waals surface area contributed by atoms with Crippen LogP contribution in [0.3, 0.4) is 0 Å². The first-order valence-corrected chi connectivity index (χ1v) is 6.78. The lowest BCUT2D eigenvalue weighted by molar-refractivity contribution is -0.137. The molecule has 2 N–H and O–H groups in total. The van der Waals surface area contributed by atoms with Gasteiger partial charge < -0.3 is 15.2 Å². The van der Waals surface area contributed by atoms with Gasteiger partial charge >= 0.3 is 6.18 Å². The number of rotatable bonds is 4. The Hall–Kier alpha value is -2.58. The number of hydrogen-bond acceptors (Lipinski definition) is 4. The molecule has 0 amide bonds. The summed E-state index contributed by atoms with van der Waals surface area (Å²) >= 11 is 0. The Morgan fingerprint density at radius 2 is 2.00 bits per heavy atom. The van der Waals surface area contributed by atoms with Crippen LogP contribution in [0.15, 0.2) is 33.8 Å². The second-order valence-electron chi connectivity index (χ2n) is 4.71. The van der Waals surface area contributed by atoms with Crippen molar-refractivity contribution in [3.05, 3.63) is 47.1 Å². The largest absolute Gasteiger partial charge is 0.416 e. The first-order valence-electron chi connectivity index (χ1n) is 6.78. The molecule has 0 atom stereocenters. The molecule has 0 bridgehead atoms. The van der Waals surface area contributed by atoms with Crippen LogP contribution in [0, 0.1) is 6.92 Å². The number of aliphatic imine (C=N–C) groups is 1. The monoisotopic (exact) mass is 327 g/mol. The third-order valence-corrected chi connectivity index (χ3v) is 2.92. The van der Waals surface area contributed by atoms with Crippen molar-refractivity contribution in [2.24, 2.45) is 4.99 Å². The van der Waals surface area contributed by atoms with Gasteiger partial charge in [0.2, 0.25) is 5.89 Å². The molecule has 0 saturated heterocycles. The minimum Gasteiger partial charge on any atom is -0.352 e. The molecular weight excluding hydrogens is 311 g/mol. The van der Waals surface area contributed by atoms with E-state index in [9.17, 15) is 13.2 Å². The molecule has 0 saturated carbocycles. The van der Waals surface area contributed by atoms with Crippen LogP contribution in [0.25, 0.3) is 0 Å². The quantitative estimate of drug-likeness (QED) is 0.665. The van der Waals surface area contributed by atoms with Crippen molar-refractivity contribution in [1.29, 1.82) is 0 Å². The summed E-state index contributed by atoms with van der Waals surface area (Å²) in [5.74, 6) is 1.34. The Morgan fingerprint density at radius 1 is 1.26 bits per heavy atom. The Bertz CT molecular complexity index is 681. The molecular formula is C14H16F3N5O. The Labute approximate surface area is 130 Å². The van der Waals surface area contributed by atoms with Gasteiger partial charge in [0.15, 0.2) is 11.8 Å². The average Bonchev–Trinajstić information content (AvgIpc) is 2.92. The molecule has 124 valence electrons. The average molecular weight is 327 g/mol. The van der Waals surface area contributed by atoms with Crippen LogP contribution < -0.4 is 10.6 Å². The molecule has 6 nitrogen and oxygen atoms in total. The van der Waals surface area contributed by atoms with Gasteiger partial charge in [-0.2, -0.15) is 18.2 Å². The number of halogens is 3. The number of alkyl halides is 3. The SMILES string of the molecule is CN=C(NCc1cccc(C(F)(F)F)c1)NCc1noc(C)n1. The van der Waals surface area contributed by atoms with E-state index < -0.39 is 11.7 Å². The standard InChI is InChI=1S/C14H16F3N5O/c1-9-21-12(22-23-9)8-20-13(18-2)19-7-10-4-3-5-11(6-10)14(15,16)17/h3-6H,7-8H2,1-2H3,(H2,18,19,20). The van der Waals surface area contributed by atoms with E-state index >= 15 is 0 Å². The van der Waals surface area contributed by atoms with Crippen LogP contribution in [0.5, 0.6) is 0 Å². The summed E-state index contributed by atoms with van der Waals surface area (Å²) in [6.07, 6.45) is -4.35. The number of guanidine groups is 1. The third kappa shape index (κ3) is 4.97. The zero-order valence-corrected chi connectivity index (χ0v) is 12.6. The van der Waals surface area contributed by atoms with Crippen LogP contribution in [0.2, 0.25) is 0 Å². The molecule has 2 rings (SSSR count). The molecule has 0 unspecified atom stereocenters. The van der Waals surface area contributed by atoms with Gasteiger partial charge in [0.1, 0.15) is 0 Å². The first kappa shape index (κ1) is 16.8. The highest BCUT2D eigenvalue weighted by molar-refractivity contribution is 5.79. The number of nitrogens with one attached hydrogen (secondary N) is 2. The van der Waals surface area contributed by atoms with Gasteiger partial charge in [0.25, 0.3) is 0 Å². The van der Waals surface area contributed by atoms with Gasteiger partial charge in [-0.1, -0.05) is 17.3 Å². The zero-order chi connectivity index (χ0) is 16.9. The lowest BCUT2D eigenvalue weighted by atomic mass is 10.1. The van der Waals surface area contributed by atoms with Crippen molar-refractivity contribution < 1.29 is 17.7 Å². The van der Waals surface area contributed by atoms with E-state index in [1.807, 2.05) is 0 Å². The molecule has 0 aliphatic rings. The van der Waals surface area contributed by atoms with Crippen LogP contribution in [0.4, 0.5) is 13.2 Å². The van der Waals surface area contributed by atoms with Crippen molar-refractivity contribution in [3.63, 3.8) is 0 Å². The Balaban J connectivity index is 1.90. The molecule has 9 heteroatoms. The fourth-order valence-corrected chi connectivity index (χ4v) is 1.84. The van der Waals surface area contributed by atoms with Gasteiger partial charge in [-0.05, 0) is 17.7 Å². The van der Waals surface area contributed by atoms with Crippen molar-refractivity contribution in [2.45, 2.75) is 26.2 Å². The first-order chi connectivity index (χ1) is 10.9. The van der Waals surface area contributed by atoms with Gasteiger partial charge in [-0.25, -0.2) is 0 Å². The minimum atomic E-state index is -4.35. The highest BCUT2D eigenvalue weighted by Crippen LogP contribution is 2.29. The molecule has 2 aromatic rings. The second kappa shape index (κ2) is 7.12. The summed E-state index contributed by atoms with van der Waals surface area (Å²) in [5, 5.41) is 9.60. The number of aryl methyl sites for hydroxylation is 1. The van der Waals surface area contributed by atoms with Crippen LogP contribution in [-0.4, -0.2) is 23.1 Å². The summed E-state index contributed by atoms with van der Waals surface area (Å²) in [4.78, 5) is 8.01. The van der Waals surface area contributed by atoms with Gasteiger partial charge in [-0.3, -0.25) is 4.99 Å². The molecule has 1 aromatic heterocycles. The van der Waals surface area contributed by atoms with E-state index in [1.54, 1.807) is 20.0 Å². The number of hydrogen-bond donors (Lipinski definition) is 2. The topological polar surface area (TPSA) is 75.3 Å². The van der Waals surface area contributed by atoms with E-state index in [-0.39, 0.29) is 6.54 Å². The maximum absolute atomic E-state index is 12.7. The smallest absolute Gasteiger partial charge is 0.352 e. The molecule has 0 spiro atoms. The van der Waals surface area contributed by atoms with Crippen molar-refractivity contribution in [1.82, 2.24) is 20.8 Å². The van der Waals surface area contributed by atoms with Crippen molar-refractivity contribution in [2.75, 3.05) is 7.05 Å². The summed E-state index contributed by atoms with van der Waals surface area (Å²) in [5.41, 5.74) is -0.180. The molecule has 0 fully saturated rings. The van der Waals surface area contributed by atoms with Gasteiger partial charge in [0.05, 0.1) is 12.1 Å². The summed E-state index contributed by atoms with van der Waals surface area (Å²) in [6, 6.07) is 5.12. The van der Waals surface area contributed by atoms with Crippen molar-refractivity contribution >= 4 is 5.96 Å². The molecule has 23 heavy (non-hydrogen) atoms. The molecule has 0 aliphatic heterocycles. The zero-order valence-electron chi connectivity index (χ0n) is 12.6. The highest BCUT2D eigenvalue weighted by Gasteiger charge is 2.30. The molecule has 0 aliphatic carbocycles. The third-order valence-electron chi connectivity index (χ3n) is 2.92. The van der Waals surface area contributed by atoms with E-state index in [0.717, 1.165) is 12.1 Å². The lowest BCUT2D eigenvalue weighted by Crippen LogP contribution is -2.36. The van der Waals surface area contributed by atoms with Crippen LogP contribution >= 0.6 is 0 Å². The number of benzene rings is 1. The maximum atomic E-state index is 12.7. The second-order valence-corrected chi connectivity index (χ2v) is 4.71.